The molecule has 100 valence electrons. The largest absolute Gasteiger partial charge is 0.363 e. The molecular formula is C14H28N2S. The van der Waals surface area contributed by atoms with E-state index >= 15 is 0 Å². The highest BCUT2D eigenvalue weighted by Gasteiger charge is 2.32. The van der Waals surface area contributed by atoms with Gasteiger partial charge < -0.3 is 10.6 Å². The fourth-order valence-corrected chi connectivity index (χ4v) is 3.34. The summed E-state index contributed by atoms with van der Waals surface area (Å²) in [5.41, 5.74) is 0.453. The van der Waals surface area contributed by atoms with E-state index < -0.39 is 0 Å². The van der Waals surface area contributed by atoms with Gasteiger partial charge in [-0.05, 0) is 49.2 Å². The lowest BCUT2D eigenvalue weighted by Gasteiger charge is -2.39. The first-order valence-electron chi connectivity index (χ1n) is 6.97. The molecule has 2 atom stereocenters. The van der Waals surface area contributed by atoms with E-state index in [-0.39, 0.29) is 0 Å². The Labute approximate surface area is 112 Å². The standard InChI is InChI=1S/C14H28N2S/c1-5-6-7-15-13(17)16-12-8-11(2)9-14(3,4)10-12/h11-12H,5-10H2,1-4H3,(H2,15,16,17). The van der Waals surface area contributed by atoms with Gasteiger partial charge in [0.2, 0.25) is 0 Å². The van der Waals surface area contributed by atoms with Gasteiger partial charge in [-0.1, -0.05) is 34.1 Å². The molecule has 1 fully saturated rings. The predicted octanol–water partition coefficient (Wildman–Crippen LogP) is 3.47. The summed E-state index contributed by atoms with van der Waals surface area (Å²) in [5.74, 6) is 0.801. The second-order valence-electron chi connectivity index (χ2n) is 6.36. The molecule has 0 spiro atoms. The second kappa shape index (κ2) is 6.58. The zero-order valence-corrected chi connectivity index (χ0v) is 12.6. The van der Waals surface area contributed by atoms with Crippen molar-refractivity contribution in [2.45, 2.75) is 65.8 Å². The maximum absolute atomic E-state index is 5.34. The monoisotopic (exact) mass is 256 g/mol. The Morgan fingerprint density at radius 1 is 1.35 bits per heavy atom. The van der Waals surface area contributed by atoms with E-state index in [1.165, 1.54) is 32.1 Å². The normalized spacial score (nSPS) is 27.5. The fraction of sp³-hybridized carbons (Fsp3) is 0.929. The van der Waals surface area contributed by atoms with Crippen molar-refractivity contribution in [3.63, 3.8) is 0 Å². The minimum atomic E-state index is 0.453. The third kappa shape index (κ3) is 5.71. The van der Waals surface area contributed by atoms with E-state index in [0.717, 1.165) is 17.6 Å². The van der Waals surface area contributed by atoms with Crippen molar-refractivity contribution in [3.8, 4) is 0 Å². The SMILES string of the molecule is CCCCNC(=S)NC1CC(C)CC(C)(C)C1. The molecule has 1 aliphatic carbocycles. The highest BCUT2D eigenvalue weighted by molar-refractivity contribution is 7.80. The van der Waals surface area contributed by atoms with Crippen molar-refractivity contribution in [1.82, 2.24) is 10.6 Å². The van der Waals surface area contributed by atoms with Crippen LogP contribution >= 0.6 is 12.2 Å². The van der Waals surface area contributed by atoms with Crippen LogP contribution in [0.25, 0.3) is 0 Å². The van der Waals surface area contributed by atoms with Crippen LogP contribution in [0.15, 0.2) is 0 Å². The maximum Gasteiger partial charge on any atom is 0.166 e. The Morgan fingerprint density at radius 2 is 2.06 bits per heavy atom. The first kappa shape index (κ1) is 14.7. The van der Waals surface area contributed by atoms with Gasteiger partial charge in [0.05, 0.1) is 0 Å². The molecule has 2 N–H and O–H groups in total. The topological polar surface area (TPSA) is 24.1 Å². The lowest BCUT2D eigenvalue weighted by molar-refractivity contribution is 0.161. The molecule has 2 unspecified atom stereocenters. The number of hydrogen-bond donors (Lipinski definition) is 2. The summed E-state index contributed by atoms with van der Waals surface area (Å²) >= 11 is 5.34. The Balaban J connectivity index is 2.32. The van der Waals surface area contributed by atoms with Crippen LogP contribution in [0.3, 0.4) is 0 Å². The fourth-order valence-electron chi connectivity index (χ4n) is 3.07. The molecule has 0 heterocycles. The van der Waals surface area contributed by atoms with Crippen molar-refractivity contribution < 1.29 is 0 Å². The van der Waals surface area contributed by atoms with Gasteiger partial charge in [0.25, 0.3) is 0 Å². The maximum atomic E-state index is 5.34. The van der Waals surface area contributed by atoms with E-state index in [2.05, 4.69) is 38.3 Å². The summed E-state index contributed by atoms with van der Waals surface area (Å²) in [4.78, 5) is 0. The molecular weight excluding hydrogens is 228 g/mol. The van der Waals surface area contributed by atoms with E-state index in [4.69, 9.17) is 12.2 Å². The molecule has 0 amide bonds. The number of thiocarbonyl (C=S) groups is 1. The molecule has 0 aromatic heterocycles. The van der Waals surface area contributed by atoms with Crippen LogP contribution in [0.5, 0.6) is 0 Å². The van der Waals surface area contributed by atoms with Crippen molar-refractivity contribution in [2.24, 2.45) is 11.3 Å². The first-order chi connectivity index (χ1) is 7.93. The van der Waals surface area contributed by atoms with Crippen molar-refractivity contribution in [3.05, 3.63) is 0 Å². The Hall–Kier alpha value is -0.310. The second-order valence-corrected chi connectivity index (χ2v) is 6.77. The molecule has 17 heavy (non-hydrogen) atoms. The smallest absolute Gasteiger partial charge is 0.166 e. The average Bonchev–Trinajstić information content (AvgIpc) is 2.14. The summed E-state index contributed by atoms with van der Waals surface area (Å²) in [6, 6.07) is 0.551. The summed E-state index contributed by atoms with van der Waals surface area (Å²) in [7, 11) is 0. The molecule has 1 aliphatic rings. The van der Waals surface area contributed by atoms with Crippen molar-refractivity contribution >= 4 is 17.3 Å². The van der Waals surface area contributed by atoms with Gasteiger partial charge in [-0.15, -0.1) is 0 Å². The van der Waals surface area contributed by atoms with Gasteiger partial charge in [-0.25, -0.2) is 0 Å². The van der Waals surface area contributed by atoms with E-state index in [0.29, 0.717) is 11.5 Å². The van der Waals surface area contributed by atoms with Crippen LogP contribution < -0.4 is 10.6 Å². The van der Waals surface area contributed by atoms with E-state index in [9.17, 15) is 0 Å². The van der Waals surface area contributed by atoms with Crippen LogP contribution in [0, 0.1) is 11.3 Å². The number of nitrogens with one attached hydrogen (secondary N) is 2. The highest BCUT2D eigenvalue weighted by Crippen LogP contribution is 2.38. The molecule has 3 heteroatoms. The predicted molar refractivity (Wildman–Crippen MR) is 79.2 cm³/mol. The first-order valence-corrected chi connectivity index (χ1v) is 7.38. The van der Waals surface area contributed by atoms with Crippen LogP contribution in [0.1, 0.15) is 59.8 Å². The van der Waals surface area contributed by atoms with Gasteiger partial charge in [0.15, 0.2) is 5.11 Å². The third-order valence-electron chi connectivity index (χ3n) is 3.54. The Bertz CT molecular complexity index is 251. The van der Waals surface area contributed by atoms with Crippen LogP contribution in [0.4, 0.5) is 0 Å². The van der Waals surface area contributed by atoms with Gasteiger partial charge >= 0.3 is 0 Å². The number of unbranched alkanes of at least 4 members (excludes halogenated alkanes) is 1. The summed E-state index contributed by atoms with van der Waals surface area (Å²) in [5, 5.41) is 7.62. The van der Waals surface area contributed by atoms with Crippen molar-refractivity contribution in [1.29, 1.82) is 0 Å². The van der Waals surface area contributed by atoms with Crippen LogP contribution in [-0.4, -0.2) is 17.7 Å². The molecule has 0 aromatic rings. The third-order valence-corrected chi connectivity index (χ3v) is 3.80. The lowest BCUT2D eigenvalue weighted by atomic mass is 9.71. The molecule has 2 nitrogen and oxygen atoms in total. The zero-order chi connectivity index (χ0) is 12.9. The molecule has 0 aliphatic heterocycles. The van der Waals surface area contributed by atoms with Gasteiger partial charge in [0, 0.05) is 12.6 Å². The molecule has 0 radical (unpaired) electrons. The highest BCUT2D eigenvalue weighted by atomic mass is 32.1. The molecule has 0 saturated heterocycles. The summed E-state index contributed by atoms with van der Waals surface area (Å²) in [6.45, 7) is 10.3. The van der Waals surface area contributed by atoms with Gasteiger partial charge in [-0.2, -0.15) is 0 Å². The quantitative estimate of drug-likeness (QED) is 0.595. The minimum Gasteiger partial charge on any atom is -0.363 e. The average molecular weight is 256 g/mol. The van der Waals surface area contributed by atoms with Crippen LogP contribution in [-0.2, 0) is 0 Å². The number of rotatable bonds is 4. The zero-order valence-electron chi connectivity index (χ0n) is 11.8. The Kier molecular flexibility index (Phi) is 5.71. The Morgan fingerprint density at radius 3 is 2.65 bits per heavy atom. The van der Waals surface area contributed by atoms with E-state index in [1.54, 1.807) is 0 Å². The molecule has 1 rings (SSSR count). The van der Waals surface area contributed by atoms with Gasteiger partial charge in [-0.3, -0.25) is 0 Å². The van der Waals surface area contributed by atoms with Crippen LogP contribution in [0.2, 0.25) is 0 Å². The molecule has 0 aromatic carbocycles. The molecule has 0 bridgehead atoms. The van der Waals surface area contributed by atoms with Crippen molar-refractivity contribution in [2.75, 3.05) is 6.54 Å². The molecule has 1 saturated carbocycles. The number of hydrogen-bond acceptors (Lipinski definition) is 1. The van der Waals surface area contributed by atoms with E-state index in [1.807, 2.05) is 0 Å². The summed E-state index contributed by atoms with van der Waals surface area (Å²) < 4.78 is 0. The minimum absolute atomic E-state index is 0.453. The lowest BCUT2D eigenvalue weighted by Crippen LogP contribution is -2.47. The van der Waals surface area contributed by atoms with Gasteiger partial charge in [0.1, 0.15) is 0 Å². The summed E-state index contributed by atoms with van der Waals surface area (Å²) in [6.07, 6.45) is 6.21.